The number of fused-ring (bicyclic) bond motifs is 1. The average Bonchev–Trinajstić information content (AvgIpc) is 2.98. The first-order valence-corrected chi connectivity index (χ1v) is 10.1. The Morgan fingerprint density at radius 3 is 2.46 bits per heavy atom. The molecule has 7 heteroatoms. The molecule has 2 aromatic rings. The maximum absolute atomic E-state index is 12.9. The Morgan fingerprint density at radius 2 is 1.82 bits per heavy atom. The summed E-state index contributed by atoms with van der Waals surface area (Å²) in [5, 5.41) is 0. The van der Waals surface area contributed by atoms with E-state index in [0.717, 1.165) is 38.5 Å². The molecule has 0 spiro atoms. The third kappa shape index (κ3) is 4.51. The van der Waals surface area contributed by atoms with E-state index in [4.69, 9.17) is 0 Å². The molecule has 0 unspecified atom stereocenters. The van der Waals surface area contributed by atoms with Crippen LogP contribution in [0, 0.1) is 5.41 Å². The zero-order valence-corrected chi connectivity index (χ0v) is 17.5. The van der Waals surface area contributed by atoms with E-state index in [0.29, 0.717) is 13.0 Å². The molecule has 28 heavy (non-hydrogen) atoms. The highest BCUT2D eigenvalue weighted by molar-refractivity contribution is 5.99. The smallest absolute Gasteiger partial charge is 0.319 e. The van der Waals surface area contributed by atoms with Gasteiger partial charge in [-0.25, -0.2) is 9.78 Å². The molecule has 0 saturated heterocycles. The first kappa shape index (κ1) is 21.9. The van der Waals surface area contributed by atoms with Crippen LogP contribution in [0.1, 0.15) is 76.3 Å². The number of nitrogens with one attached hydrogen (secondary N) is 1. The van der Waals surface area contributed by atoms with Crippen LogP contribution in [-0.4, -0.2) is 24.9 Å². The molecule has 2 rings (SSSR count). The summed E-state index contributed by atoms with van der Waals surface area (Å²) in [5.74, 6) is 0.0644. The number of rotatable bonds is 11. The van der Waals surface area contributed by atoms with E-state index < -0.39 is 16.7 Å². The summed E-state index contributed by atoms with van der Waals surface area (Å²) in [6, 6.07) is 0. The zero-order valence-electron chi connectivity index (χ0n) is 17.5. The molecule has 0 aliphatic rings. The van der Waals surface area contributed by atoms with Gasteiger partial charge in [0, 0.05) is 19.0 Å². The minimum Gasteiger partial charge on any atom is -0.319 e. The van der Waals surface area contributed by atoms with Gasteiger partial charge < -0.3 is 4.57 Å². The molecular weight excluding hydrogens is 356 g/mol. The first-order valence-electron chi connectivity index (χ1n) is 10.1. The fraction of sp³-hybridized carbons (Fsp3) is 0.619. The second kappa shape index (κ2) is 9.17. The summed E-state index contributed by atoms with van der Waals surface area (Å²) < 4.78 is 2.73. The lowest BCUT2D eigenvalue weighted by Crippen LogP contribution is -2.35. The second-order valence-electron chi connectivity index (χ2n) is 7.99. The lowest BCUT2D eigenvalue weighted by molar-refractivity contribution is 0.0818. The molecule has 0 amide bonds. The monoisotopic (exact) mass is 388 g/mol. The van der Waals surface area contributed by atoms with Gasteiger partial charge in [0.1, 0.15) is 0 Å². The topological polar surface area (TPSA) is 89.8 Å². The lowest BCUT2D eigenvalue weighted by Gasteiger charge is -2.19. The van der Waals surface area contributed by atoms with Crippen molar-refractivity contribution in [3.63, 3.8) is 0 Å². The number of aromatic nitrogens is 4. The number of hydrogen-bond donors (Lipinski definition) is 1. The number of nitrogens with zero attached hydrogens (tertiary/aromatic N) is 3. The number of carbonyl (C=O) groups is 1. The number of H-pyrrole nitrogens is 1. The van der Waals surface area contributed by atoms with Gasteiger partial charge in [0.05, 0.1) is 0 Å². The van der Waals surface area contributed by atoms with Gasteiger partial charge in [-0.15, -0.1) is 6.58 Å². The second-order valence-corrected chi connectivity index (χ2v) is 7.99. The van der Waals surface area contributed by atoms with E-state index in [2.05, 4.69) is 16.5 Å². The number of allylic oxidation sites excluding steroid dienone is 1. The number of ketones is 1. The molecule has 7 nitrogen and oxygen atoms in total. The van der Waals surface area contributed by atoms with E-state index >= 15 is 0 Å². The summed E-state index contributed by atoms with van der Waals surface area (Å²) in [6.45, 7) is 9.71. The van der Waals surface area contributed by atoms with Crippen LogP contribution in [0.25, 0.3) is 11.2 Å². The Hall–Kier alpha value is -2.44. The zero-order chi connectivity index (χ0) is 20.9. The fourth-order valence-corrected chi connectivity index (χ4v) is 3.18. The molecule has 0 fully saturated rings. The number of aromatic amines is 1. The Labute approximate surface area is 165 Å². The van der Waals surface area contributed by atoms with Gasteiger partial charge in [0.15, 0.2) is 17.0 Å². The van der Waals surface area contributed by atoms with Gasteiger partial charge in [-0.05, 0) is 25.7 Å². The van der Waals surface area contributed by atoms with Crippen molar-refractivity contribution in [1.29, 1.82) is 0 Å². The minimum atomic E-state index is -0.583. The van der Waals surface area contributed by atoms with Crippen molar-refractivity contribution >= 4 is 16.9 Å². The molecule has 0 radical (unpaired) electrons. The number of hydrogen-bond acceptors (Lipinski definition) is 4. The Morgan fingerprint density at radius 1 is 1.18 bits per heavy atom. The number of aryl methyl sites for hydroxylation is 1. The van der Waals surface area contributed by atoms with Crippen molar-refractivity contribution in [3.8, 4) is 0 Å². The van der Waals surface area contributed by atoms with E-state index in [-0.39, 0.29) is 22.8 Å². The highest BCUT2D eigenvalue weighted by atomic mass is 16.2. The molecular formula is C21H32N4O3. The predicted molar refractivity (Wildman–Crippen MR) is 112 cm³/mol. The summed E-state index contributed by atoms with van der Waals surface area (Å²) in [5.41, 5.74) is -1.01. The molecule has 0 aliphatic carbocycles. The summed E-state index contributed by atoms with van der Waals surface area (Å²) in [6.07, 6.45) is 8.62. The summed E-state index contributed by atoms with van der Waals surface area (Å²) >= 11 is 0. The van der Waals surface area contributed by atoms with Crippen molar-refractivity contribution in [2.24, 2.45) is 12.5 Å². The van der Waals surface area contributed by atoms with Crippen molar-refractivity contribution in [3.05, 3.63) is 39.3 Å². The van der Waals surface area contributed by atoms with Crippen LogP contribution in [0.15, 0.2) is 22.2 Å². The molecule has 2 heterocycles. The van der Waals surface area contributed by atoms with E-state index in [1.165, 1.54) is 9.13 Å². The fourth-order valence-electron chi connectivity index (χ4n) is 3.18. The van der Waals surface area contributed by atoms with Gasteiger partial charge in [0.25, 0.3) is 5.56 Å². The Kier molecular flexibility index (Phi) is 7.16. The van der Waals surface area contributed by atoms with Gasteiger partial charge in [-0.2, -0.15) is 0 Å². The quantitative estimate of drug-likeness (QED) is 0.362. The van der Waals surface area contributed by atoms with E-state index in [1.807, 2.05) is 26.8 Å². The average molecular weight is 389 g/mol. The van der Waals surface area contributed by atoms with Crippen molar-refractivity contribution in [1.82, 2.24) is 19.1 Å². The van der Waals surface area contributed by atoms with Crippen LogP contribution in [0.3, 0.4) is 0 Å². The molecule has 154 valence electrons. The van der Waals surface area contributed by atoms with Crippen LogP contribution in [0.5, 0.6) is 0 Å². The molecule has 0 aliphatic heterocycles. The third-order valence-corrected chi connectivity index (χ3v) is 5.50. The van der Waals surface area contributed by atoms with Gasteiger partial charge >= 0.3 is 5.69 Å². The van der Waals surface area contributed by atoms with Crippen LogP contribution in [0.2, 0.25) is 0 Å². The van der Waals surface area contributed by atoms with Crippen LogP contribution in [0.4, 0.5) is 0 Å². The standard InChI is InChI=1S/C21H32N4O3/c1-6-8-9-10-11-12-13-14-25-19(27)15-17(23-20(25)28)22-18(24(15)5)16(26)21(3,4)7-2/h6H,1,7-14H2,2-5H3,(H,23,28). The van der Waals surface area contributed by atoms with Gasteiger partial charge in [-0.1, -0.05) is 46.1 Å². The number of carbonyl (C=O) groups excluding carboxylic acids is 1. The maximum Gasteiger partial charge on any atom is 0.330 e. The largest absolute Gasteiger partial charge is 0.330 e. The highest BCUT2D eigenvalue weighted by Gasteiger charge is 2.31. The van der Waals surface area contributed by atoms with Crippen molar-refractivity contribution in [2.75, 3.05) is 0 Å². The predicted octanol–water partition coefficient (Wildman–Crippen LogP) is 3.57. The maximum atomic E-state index is 12.9. The minimum absolute atomic E-state index is 0.139. The third-order valence-electron chi connectivity index (χ3n) is 5.50. The van der Waals surface area contributed by atoms with Crippen LogP contribution < -0.4 is 11.2 Å². The van der Waals surface area contributed by atoms with Crippen LogP contribution in [-0.2, 0) is 13.6 Å². The molecule has 0 bridgehead atoms. The number of Topliss-reactive ketones (excluding diaryl/α,β-unsaturated/α-hetero) is 1. The van der Waals surface area contributed by atoms with Gasteiger partial charge in [-0.3, -0.25) is 19.1 Å². The molecule has 0 aromatic carbocycles. The Balaban J connectivity index is 2.25. The normalized spacial score (nSPS) is 11.9. The number of unbranched alkanes of at least 4 members (excludes halogenated alkanes) is 5. The summed E-state index contributed by atoms with van der Waals surface area (Å²) in [7, 11) is 1.65. The van der Waals surface area contributed by atoms with Crippen molar-refractivity contribution < 1.29 is 4.79 Å². The van der Waals surface area contributed by atoms with E-state index in [9.17, 15) is 14.4 Å². The van der Waals surface area contributed by atoms with Gasteiger partial charge in [0.2, 0.25) is 5.78 Å². The van der Waals surface area contributed by atoms with E-state index in [1.54, 1.807) is 7.05 Å². The molecule has 0 atom stereocenters. The molecule has 1 N–H and O–H groups in total. The lowest BCUT2D eigenvalue weighted by atomic mass is 9.85. The highest BCUT2D eigenvalue weighted by Crippen LogP contribution is 2.25. The number of imidazole rings is 1. The molecule has 2 aromatic heterocycles. The Bertz CT molecular complexity index is 962. The SMILES string of the molecule is C=CCCCCCCCn1c(=O)[nH]c2nc(C(=O)C(C)(C)CC)n(C)c2c1=O. The summed E-state index contributed by atoms with van der Waals surface area (Å²) in [4.78, 5) is 45.0. The van der Waals surface area contributed by atoms with Crippen LogP contribution >= 0.6 is 0 Å². The van der Waals surface area contributed by atoms with Crippen molar-refractivity contribution in [2.45, 2.75) is 72.3 Å². The first-order chi connectivity index (χ1) is 13.2. The molecule has 0 saturated carbocycles.